The number of fused-ring (bicyclic) bond motifs is 1. The maximum Gasteiger partial charge on any atom is 0.253 e. The van der Waals surface area contributed by atoms with Crippen molar-refractivity contribution in [3.8, 4) is 5.75 Å². The van der Waals surface area contributed by atoms with Gasteiger partial charge in [-0.25, -0.2) is 0 Å². The van der Waals surface area contributed by atoms with Crippen LogP contribution in [0.15, 0.2) is 42.7 Å². The first-order valence-corrected chi connectivity index (χ1v) is 9.89. The van der Waals surface area contributed by atoms with Crippen molar-refractivity contribution in [1.29, 1.82) is 0 Å². The van der Waals surface area contributed by atoms with Crippen LogP contribution in [0.4, 0.5) is 0 Å². The molecule has 0 fully saturated rings. The molecule has 0 saturated carbocycles. The maximum atomic E-state index is 12.6. The van der Waals surface area contributed by atoms with Crippen molar-refractivity contribution < 1.29 is 9.53 Å². The number of hydrogen-bond donors (Lipinski definition) is 2. The maximum absolute atomic E-state index is 12.6. The normalized spacial score (nSPS) is 15.8. The molecule has 2 N–H and O–H groups in total. The van der Waals surface area contributed by atoms with E-state index in [4.69, 9.17) is 4.74 Å². The molecule has 0 saturated heterocycles. The molecular formula is C23H26N4O2. The summed E-state index contributed by atoms with van der Waals surface area (Å²) >= 11 is 0. The molecule has 0 aliphatic heterocycles. The molecule has 1 amide bonds. The predicted molar refractivity (Wildman–Crippen MR) is 114 cm³/mol. The van der Waals surface area contributed by atoms with Crippen molar-refractivity contribution >= 4 is 22.4 Å². The Hall–Kier alpha value is -3.15. The number of carbonyl (C=O) groups is 1. The summed E-state index contributed by atoms with van der Waals surface area (Å²) in [6.07, 6.45) is 8.84. The third kappa shape index (κ3) is 4.16. The van der Waals surface area contributed by atoms with Crippen molar-refractivity contribution in [2.45, 2.75) is 39.7 Å². The molecule has 3 aromatic rings. The van der Waals surface area contributed by atoms with Gasteiger partial charge in [0.25, 0.3) is 5.91 Å². The van der Waals surface area contributed by atoms with E-state index in [0.29, 0.717) is 17.5 Å². The molecule has 0 atom stereocenters. The fourth-order valence-corrected chi connectivity index (χ4v) is 3.69. The lowest BCUT2D eigenvalue weighted by molar-refractivity contribution is 0.0950. The lowest BCUT2D eigenvalue weighted by Gasteiger charge is -2.29. The number of hydrogen-bond acceptors (Lipinski definition) is 4. The molecule has 4 rings (SSSR count). The van der Waals surface area contributed by atoms with E-state index >= 15 is 0 Å². The number of amides is 1. The second-order valence-corrected chi connectivity index (χ2v) is 8.33. The topological polar surface area (TPSA) is 79.9 Å². The Bertz CT molecular complexity index is 1070. The van der Waals surface area contributed by atoms with Crippen LogP contribution in [0.5, 0.6) is 5.75 Å². The number of aromatic amines is 1. The lowest BCUT2D eigenvalue weighted by Crippen LogP contribution is -2.23. The summed E-state index contributed by atoms with van der Waals surface area (Å²) in [6, 6.07) is 7.70. The smallest absolute Gasteiger partial charge is 0.253 e. The van der Waals surface area contributed by atoms with Crippen LogP contribution < -0.4 is 10.1 Å². The number of ether oxygens (including phenoxy) is 1. The van der Waals surface area contributed by atoms with E-state index in [1.54, 1.807) is 19.5 Å². The van der Waals surface area contributed by atoms with Gasteiger partial charge in [0.15, 0.2) is 0 Å². The van der Waals surface area contributed by atoms with Crippen LogP contribution in [0, 0.1) is 5.41 Å². The molecule has 1 aromatic carbocycles. The number of allylic oxidation sites excluding steroid dienone is 2. The van der Waals surface area contributed by atoms with Crippen LogP contribution in [0.25, 0.3) is 16.5 Å². The van der Waals surface area contributed by atoms with Gasteiger partial charge in [-0.15, -0.1) is 0 Å². The van der Waals surface area contributed by atoms with Crippen LogP contribution in [0.3, 0.4) is 0 Å². The Morgan fingerprint density at radius 1 is 1.31 bits per heavy atom. The Kier molecular flexibility index (Phi) is 5.09. The average Bonchev–Trinajstić information content (AvgIpc) is 3.24. The molecule has 2 aromatic heterocycles. The van der Waals surface area contributed by atoms with E-state index in [2.05, 4.69) is 46.5 Å². The van der Waals surface area contributed by atoms with Crippen LogP contribution >= 0.6 is 0 Å². The molecule has 1 aliphatic rings. The fraction of sp³-hybridized carbons (Fsp3) is 0.348. The van der Waals surface area contributed by atoms with Crippen LogP contribution in [0.2, 0.25) is 0 Å². The molecule has 0 spiro atoms. The SMILES string of the molecule is COc1cc(C2=CCC(C)(C)CC2)c2ncc(C(=O)NCc3ccn[nH]3)cc2c1. The largest absolute Gasteiger partial charge is 0.497 e. The highest BCUT2D eigenvalue weighted by atomic mass is 16.5. The first kappa shape index (κ1) is 19.2. The minimum absolute atomic E-state index is 0.169. The second kappa shape index (κ2) is 7.70. The summed E-state index contributed by atoms with van der Waals surface area (Å²) in [5, 5.41) is 10.5. The number of H-pyrrole nitrogens is 1. The average molecular weight is 390 g/mol. The van der Waals surface area contributed by atoms with E-state index in [0.717, 1.165) is 47.2 Å². The van der Waals surface area contributed by atoms with Crippen LogP contribution in [0.1, 0.15) is 54.7 Å². The molecule has 2 heterocycles. The Morgan fingerprint density at radius 3 is 2.86 bits per heavy atom. The lowest BCUT2D eigenvalue weighted by atomic mass is 9.77. The van der Waals surface area contributed by atoms with E-state index in [9.17, 15) is 4.79 Å². The van der Waals surface area contributed by atoms with Crippen molar-refractivity contribution in [3.05, 3.63) is 59.6 Å². The van der Waals surface area contributed by atoms with Gasteiger partial charge >= 0.3 is 0 Å². The molecule has 0 bridgehead atoms. The number of nitrogens with one attached hydrogen (secondary N) is 2. The van der Waals surface area contributed by atoms with Gasteiger partial charge in [0.1, 0.15) is 5.75 Å². The van der Waals surface area contributed by atoms with Gasteiger partial charge in [-0.3, -0.25) is 14.9 Å². The number of carbonyl (C=O) groups excluding carboxylic acids is 1. The zero-order valence-corrected chi connectivity index (χ0v) is 17.1. The third-order valence-corrected chi connectivity index (χ3v) is 5.57. The molecule has 150 valence electrons. The van der Waals surface area contributed by atoms with Crippen LogP contribution in [-0.2, 0) is 6.54 Å². The molecule has 29 heavy (non-hydrogen) atoms. The quantitative estimate of drug-likeness (QED) is 0.673. The Labute approximate surface area is 170 Å². The molecule has 1 aliphatic carbocycles. The van der Waals surface area contributed by atoms with Crippen molar-refractivity contribution in [1.82, 2.24) is 20.5 Å². The van der Waals surface area contributed by atoms with Crippen LogP contribution in [-0.4, -0.2) is 28.2 Å². The van der Waals surface area contributed by atoms with Crippen molar-refractivity contribution in [2.24, 2.45) is 5.41 Å². The number of pyridine rings is 1. The highest BCUT2D eigenvalue weighted by Gasteiger charge is 2.23. The van der Waals surface area contributed by atoms with Gasteiger partial charge < -0.3 is 10.1 Å². The van der Waals surface area contributed by atoms with Gasteiger partial charge in [-0.1, -0.05) is 19.9 Å². The summed E-state index contributed by atoms with van der Waals surface area (Å²) in [7, 11) is 1.66. The fourth-order valence-electron chi connectivity index (χ4n) is 3.69. The number of nitrogens with zero attached hydrogens (tertiary/aromatic N) is 2. The van der Waals surface area contributed by atoms with Crippen molar-refractivity contribution in [2.75, 3.05) is 7.11 Å². The number of rotatable bonds is 5. The Balaban J connectivity index is 1.66. The van der Waals surface area contributed by atoms with Crippen molar-refractivity contribution in [3.63, 3.8) is 0 Å². The van der Waals surface area contributed by atoms with Gasteiger partial charge in [0.2, 0.25) is 0 Å². The number of aromatic nitrogens is 3. The third-order valence-electron chi connectivity index (χ3n) is 5.57. The van der Waals surface area contributed by atoms with E-state index in [1.165, 1.54) is 5.57 Å². The molecule has 6 nitrogen and oxygen atoms in total. The zero-order chi connectivity index (χ0) is 20.4. The molecular weight excluding hydrogens is 364 g/mol. The van der Waals surface area contributed by atoms with Gasteiger partial charge in [-0.2, -0.15) is 5.10 Å². The minimum Gasteiger partial charge on any atom is -0.497 e. The standard InChI is InChI=1S/C23H26N4O2/c1-23(2)7-4-15(5-8-23)20-12-19(29-3)11-16-10-17(13-24-21(16)20)22(28)25-14-18-6-9-26-27-18/h4,6,9-13H,5,7-8,14H2,1-3H3,(H,25,28)(H,26,27). The monoisotopic (exact) mass is 390 g/mol. The molecule has 0 unspecified atom stereocenters. The number of benzene rings is 1. The molecule has 0 radical (unpaired) electrons. The van der Waals surface area contributed by atoms with E-state index in [1.807, 2.05) is 18.2 Å². The summed E-state index contributed by atoms with van der Waals surface area (Å²) in [6.45, 7) is 5.00. The van der Waals surface area contributed by atoms with E-state index < -0.39 is 0 Å². The predicted octanol–water partition coefficient (Wildman–Crippen LogP) is 4.49. The minimum atomic E-state index is -0.169. The Morgan fingerprint density at radius 2 is 2.17 bits per heavy atom. The van der Waals surface area contributed by atoms with Gasteiger partial charge in [0.05, 0.1) is 30.4 Å². The number of methoxy groups -OCH3 is 1. The summed E-state index contributed by atoms with van der Waals surface area (Å²) in [4.78, 5) is 17.2. The second-order valence-electron chi connectivity index (χ2n) is 8.33. The summed E-state index contributed by atoms with van der Waals surface area (Å²) in [5.41, 5.74) is 5.02. The molecule has 6 heteroatoms. The van der Waals surface area contributed by atoms with Gasteiger partial charge in [0, 0.05) is 23.3 Å². The van der Waals surface area contributed by atoms with E-state index in [-0.39, 0.29) is 5.91 Å². The first-order chi connectivity index (χ1) is 13.9. The van der Waals surface area contributed by atoms with Gasteiger partial charge in [-0.05, 0) is 54.5 Å². The highest BCUT2D eigenvalue weighted by Crippen LogP contribution is 2.40. The zero-order valence-electron chi connectivity index (χ0n) is 17.1. The summed E-state index contributed by atoms with van der Waals surface area (Å²) in [5.74, 6) is 0.604. The first-order valence-electron chi connectivity index (χ1n) is 9.89. The summed E-state index contributed by atoms with van der Waals surface area (Å²) < 4.78 is 5.52. The highest BCUT2D eigenvalue weighted by molar-refractivity contribution is 5.99.